The van der Waals surface area contributed by atoms with Gasteiger partial charge in [0.15, 0.2) is 18.1 Å². The summed E-state index contributed by atoms with van der Waals surface area (Å²) < 4.78 is 40.9. The van der Waals surface area contributed by atoms with E-state index in [0.29, 0.717) is 6.42 Å². The molecular weight excluding hydrogens is 277 g/mol. The molecular formula is C12H15F3N2O3. The van der Waals surface area contributed by atoms with E-state index in [1.165, 1.54) is 18.3 Å². The molecule has 20 heavy (non-hydrogen) atoms. The molecule has 0 saturated heterocycles. The van der Waals surface area contributed by atoms with Gasteiger partial charge in [-0.05, 0) is 18.6 Å². The van der Waals surface area contributed by atoms with Gasteiger partial charge in [-0.3, -0.25) is 4.79 Å². The van der Waals surface area contributed by atoms with Gasteiger partial charge in [-0.1, -0.05) is 6.92 Å². The van der Waals surface area contributed by atoms with Crippen molar-refractivity contribution in [2.45, 2.75) is 25.6 Å². The first-order chi connectivity index (χ1) is 9.37. The van der Waals surface area contributed by atoms with Crippen LogP contribution in [-0.2, 0) is 0 Å². The number of carbonyl (C=O) groups is 1. The second kappa shape index (κ2) is 7.09. The number of aliphatic hydroxyl groups excluding tert-OH is 1. The number of hydrogen-bond donors (Lipinski definition) is 2. The highest BCUT2D eigenvalue weighted by molar-refractivity contribution is 5.95. The zero-order valence-electron chi connectivity index (χ0n) is 10.8. The maximum Gasteiger partial charge on any atom is 0.422 e. The molecule has 0 aliphatic heterocycles. The number of rotatable bonds is 6. The number of amides is 1. The minimum atomic E-state index is -4.50. The van der Waals surface area contributed by atoms with Crippen LogP contribution in [0.15, 0.2) is 18.3 Å². The number of pyridine rings is 1. The van der Waals surface area contributed by atoms with Gasteiger partial charge in [0, 0.05) is 6.20 Å². The van der Waals surface area contributed by atoms with Gasteiger partial charge in [-0.2, -0.15) is 13.2 Å². The molecule has 1 unspecified atom stereocenters. The molecule has 112 valence electrons. The highest BCUT2D eigenvalue weighted by atomic mass is 19.4. The summed E-state index contributed by atoms with van der Waals surface area (Å²) in [5, 5.41) is 11.4. The van der Waals surface area contributed by atoms with Gasteiger partial charge >= 0.3 is 6.18 Å². The fourth-order valence-corrected chi connectivity index (χ4v) is 1.37. The molecule has 1 rings (SSSR count). The Balaban J connectivity index is 2.81. The number of ether oxygens (including phenoxy) is 1. The molecule has 1 aromatic heterocycles. The number of alkyl halides is 3. The topological polar surface area (TPSA) is 71.5 Å². The molecule has 0 fully saturated rings. The molecule has 0 aliphatic rings. The number of aromatic nitrogens is 1. The minimum Gasteiger partial charge on any atom is -0.482 e. The molecule has 0 saturated carbocycles. The number of nitrogens with one attached hydrogen (secondary N) is 1. The molecule has 0 aromatic carbocycles. The van der Waals surface area contributed by atoms with Crippen molar-refractivity contribution >= 4 is 5.91 Å². The maximum absolute atomic E-state index is 12.1. The van der Waals surface area contributed by atoms with E-state index in [0.717, 1.165) is 0 Å². The van der Waals surface area contributed by atoms with Crippen LogP contribution in [0.1, 0.15) is 23.8 Å². The minimum absolute atomic E-state index is 0.247. The van der Waals surface area contributed by atoms with Crippen molar-refractivity contribution < 1.29 is 27.8 Å². The van der Waals surface area contributed by atoms with E-state index in [1.807, 2.05) is 0 Å². The summed E-state index contributed by atoms with van der Waals surface area (Å²) in [6, 6.07) is 2.11. The van der Waals surface area contributed by atoms with Gasteiger partial charge < -0.3 is 15.2 Å². The fourth-order valence-electron chi connectivity index (χ4n) is 1.37. The molecule has 1 amide bonds. The average Bonchev–Trinajstić information content (AvgIpc) is 2.41. The largest absolute Gasteiger partial charge is 0.482 e. The highest BCUT2D eigenvalue weighted by Gasteiger charge is 2.29. The zero-order chi connectivity index (χ0) is 15.2. The fraction of sp³-hybridized carbons (Fsp3) is 0.500. The van der Waals surface area contributed by atoms with E-state index < -0.39 is 24.7 Å². The Kier molecular flexibility index (Phi) is 5.75. The molecule has 1 atom stereocenters. The summed E-state index contributed by atoms with van der Waals surface area (Å²) in [5.41, 5.74) is -0.247. The normalized spacial score (nSPS) is 12.8. The first-order valence-electron chi connectivity index (χ1n) is 5.93. The van der Waals surface area contributed by atoms with Crippen molar-refractivity contribution in [3.05, 3.63) is 24.0 Å². The lowest BCUT2D eigenvalue weighted by molar-refractivity contribution is -0.153. The van der Waals surface area contributed by atoms with Crippen LogP contribution in [0.4, 0.5) is 13.2 Å². The van der Waals surface area contributed by atoms with Crippen LogP contribution < -0.4 is 10.1 Å². The van der Waals surface area contributed by atoms with Crippen LogP contribution in [0.2, 0.25) is 0 Å². The third-order valence-electron chi connectivity index (χ3n) is 2.43. The Morgan fingerprint density at radius 1 is 1.55 bits per heavy atom. The number of carbonyl (C=O) groups excluding carboxylic acids is 1. The van der Waals surface area contributed by atoms with E-state index in [1.54, 1.807) is 6.92 Å². The van der Waals surface area contributed by atoms with Gasteiger partial charge in [0.2, 0.25) is 0 Å². The third-order valence-corrected chi connectivity index (χ3v) is 2.43. The van der Waals surface area contributed by atoms with Crippen molar-refractivity contribution in [1.29, 1.82) is 0 Å². The monoisotopic (exact) mass is 292 g/mol. The molecule has 8 heteroatoms. The Bertz CT molecular complexity index is 448. The molecule has 1 heterocycles. The molecule has 2 N–H and O–H groups in total. The Morgan fingerprint density at radius 3 is 2.80 bits per heavy atom. The van der Waals surface area contributed by atoms with Crippen molar-refractivity contribution in [2.24, 2.45) is 0 Å². The van der Waals surface area contributed by atoms with Crippen LogP contribution in [0, 0.1) is 0 Å². The average molecular weight is 292 g/mol. The second-order valence-electron chi connectivity index (χ2n) is 4.02. The molecule has 0 spiro atoms. The first-order valence-corrected chi connectivity index (χ1v) is 5.93. The summed E-state index contributed by atoms with van der Waals surface area (Å²) in [6.07, 6.45) is -2.75. The summed E-state index contributed by atoms with van der Waals surface area (Å²) in [4.78, 5) is 15.6. The predicted octanol–water partition coefficient (Wildman–Crippen LogP) is 1.52. The lowest BCUT2D eigenvalue weighted by atomic mass is 10.2. The predicted molar refractivity (Wildman–Crippen MR) is 64.4 cm³/mol. The van der Waals surface area contributed by atoms with Gasteiger partial charge in [-0.15, -0.1) is 0 Å². The lowest BCUT2D eigenvalue weighted by Crippen LogP contribution is -2.37. The van der Waals surface area contributed by atoms with Gasteiger partial charge in [0.25, 0.3) is 5.91 Å². The van der Waals surface area contributed by atoms with Gasteiger partial charge in [0.1, 0.15) is 0 Å². The third kappa shape index (κ3) is 5.04. The van der Waals surface area contributed by atoms with Crippen LogP contribution in [-0.4, -0.2) is 41.4 Å². The SMILES string of the molecule is CCC(CO)NC(=O)c1ncccc1OCC(F)(F)F. The summed E-state index contributed by atoms with van der Waals surface area (Å²) in [6.45, 7) is -0.0232. The summed E-state index contributed by atoms with van der Waals surface area (Å²) in [7, 11) is 0. The summed E-state index contributed by atoms with van der Waals surface area (Å²) in [5.74, 6) is -0.946. The molecule has 1 aromatic rings. The van der Waals surface area contributed by atoms with Crippen molar-refractivity contribution in [2.75, 3.05) is 13.2 Å². The molecule has 0 radical (unpaired) electrons. The van der Waals surface area contributed by atoms with E-state index in [2.05, 4.69) is 15.0 Å². The van der Waals surface area contributed by atoms with Crippen LogP contribution in [0.5, 0.6) is 5.75 Å². The molecule has 0 aliphatic carbocycles. The molecule has 0 bridgehead atoms. The Hall–Kier alpha value is -1.83. The maximum atomic E-state index is 12.1. The van der Waals surface area contributed by atoms with Gasteiger partial charge in [-0.25, -0.2) is 4.98 Å². The van der Waals surface area contributed by atoms with E-state index in [4.69, 9.17) is 5.11 Å². The quantitative estimate of drug-likeness (QED) is 0.834. The zero-order valence-corrected chi connectivity index (χ0v) is 10.8. The standard InChI is InChI=1S/C12H15F3N2O3/c1-2-8(6-18)17-11(19)10-9(4-3-5-16-10)20-7-12(13,14)15/h3-5,8,18H,2,6-7H2,1H3,(H,17,19). The summed E-state index contributed by atoms with van der Waals surface area (Å²) >= 11 is 0. The van der Waals surface area contributed by atoms with E-state index >= 15 is 0 Å². The highest BCUT2D eigenvalue weighted by Crippen LogP contribution is 2.20. The van der Waals surface area contributed by atoms with Crippen LogP contribution in [0.25, 0.3) is 0 Å². The number of nitrogens with zero attached hydrogens (tertiary/aromatic N) is 1. The van der Waals surface area contributed by atoms with E-state index in [-0.39, 0.29) is 18.1 Å². The number of halogens is 3. The van der Waals surface area contributed by atoms with Crippen molar-refractivity contribution in [3.63, 3.8) is 0 Å². The molecule has 5 nitrogen and oxygen atoms in total. The second-order valence-corrected chi connectivity index (χ2v) is 4.02. The van der Waals surface area contributed by atoms with Crippen LogP contribution >= 0.6 is 0 Å². The first kappa shape index (κ1) is 16.2. The lowest BCUT2D eigenvalue weighted by Gasteiger charge is -2.16. The van der Waals surface area contributed by atoms with Crippen molar-refractivity contribution in [1.82, 2.24) is 10.3 Å². The van der Waals surface area contributed by atoms with Crippen molar-refractivity contribution in [3.8, 4) is 5.75 Å². The number of aliphatic hydroxyl groups is 1. The Labute approximate surface area is 113 Å². The van der Waals surface area contributed by atoms with E-state index in [9.17, 15) is 18.0 Å². The van der Waals surface area contributed by atoms with Crippen LogP contribution in [0.3, 0.4) is 0 Å². The number of hydrogen-bond acceptors (Lipinski definition) is 4. The van der Waals surface area contributed by atoms with Gasteiger partial charge in [0.05, 0.1) is 12.6 Å². The smallest absolute Gasteiger partial charge is 0.422 e. The Morgan fingerprint density at radius 2 is 2.25 bits per heavy atom.